The fourth-order valence-corrected chi connectivity index (χ4v) is 5.59. The maximum absolute atomic E-state index is 12.6. The van der Waals surface area contributed by atoms with Crippen molar-refractivity contribution in [2.75, 3.05) is 11.1 Å². The summed E-state index contributed by atoms with van der Waals surface area (Å²) in [7, 11) is 0. The van der Waals surface area contributed by atoms with E-state index in [4.69, 9.17) is 10.2 Å². The van der Waals surface area contributed by atoms with E-state index in [1.54, 1.807) is 12.3 Å². The van der Waals surface area contributed by atoms with Gasteiger partial charge < -0.3 is 15.5 Å². The molecule has 3 aromatic rings. The number of nitrogens with two attached hydrogens (primary N) is 1. The first kappa shape index (κ1) is 19.7. The summed E-state index contributed by atoms with van der Waals surface area (Å²) >= 11 is 2.75. The number of primary amides is 1. The first-order valence-corrected chi connectivity index (χ1v) is 11.2. The summed E-state index contributed by atoms with van der Waals surface area (Å²) < 4.78 is 7.30. The van der Waals surface area contributed by atoms with Crippen molar-refractivity contribution in [3.63, 3.8) is 0 Å². The summed E-state index contributed by atoms with van der Waals surface area (Å²) in [5, 5.41) is 12.4. The third kappa shape index (κ3) is 3.95. The fourth-order valence-electron chi connectivity index (χ4n) is 3.48. The van der Waals surface area contributed by atoms with Gasteiger partial charge in [0.25, 0.3) is 5.91 Å². The second kappa shape index (κ2) is 8.42. The van der Waals surface area contributed by atoms with Gasteiger partial charge in [-0.2, -0.15) is 0 Å². The molecule has 8 nitrogen and oxygen atoms in total. The zero-order valence-electron chi connectivity index (χ0n) is 15.9. The molecule has 1 aliphatic carbocycles. The number of thioether (sulfide) groups is 1. The molecule has 0 unspecified atom stereocenters. The topological polar surface area (TPSA) is 116 Å². The summed E-state index contributed by atoms with van der Waals surface area (Å²) in [6.07, 6.45) is 5.49. The minimum atomic E-state index is -0.485. The molecule has 10 heteroatoms. The summed E-state index contributed by atoms with van der Waals surface area (Å²) in [6.45, 7) is 2.63. The molecule has 2 amide bonds. The zero-order valence-corrected chi connectivity index (χ0v) is 17.6. The molecule has 0 spiro atoms. The van der Waals surface area contributed by atoms with Crippen molar-refractivity contribution >= 4 is 39.9 Å². The van der Waals surface area contributed by atoms with Gasteiger partial charge in [0.1, 0.15) is 5.00 Å². The van der Waals surface area contributed by atoms with Crippen LogP contribution >= 0.6 is 23.1 Å². The minimum Gasteiger partial charge on any atom is -0.461 e. The van der Waals surface area contributed by atoms with Gasteiger partial charge in [0, 0.05) is 11.4 Å². The number of carbonyl (C=O) groups excluding carboxylic acids is 2. The molecular formula is C19H21N5O3S2. The molecular weight excluding hydrogens is 410 g/mol. The van der Waals surface area contributed by atoms with Crippen LogP contribution in [0.3, 0.4) is 0 Å². The van der Waals surface area contributed by atoms with Gasteiger partial charge in [0.15, 0.2) is 16.7 Å². The van der Waals surface area contributed by atoms with Crippen molar-refractivity contribution in [1.29, 1.82) is 0 Å². The van der Waals surface area contributed by atoms with Crippen LogP contribution in [0.15, 0.2) is 28.0 Å². The lowest BCUT2D eigenvalue weighted by Gasteiger charge is -2.11. The van der Waals surface area contributed by atoms with E-state index in [0.29, 0.717) is 33.9 Å². The van der Waals surface area contributed by atoms with Gasteiger partial charge >= 0.3 is 0 Å². The standard InChI is InChI=1S/C19H21N5O3S2/c1-2-24-17(12-7-5-9-27-12)22-23-19(24)28-10-14(25)21-18-15(16(20)26)11-6-3-4-8-13(11)29-18/h5,7,9H,2-4,6,8,10H2,1H3,(H2,20,26)(H,21,25). The monoisotopic (exact) mass is 431 g/mol. The molecule has 0 aromatic carbocycles. The van der Waals surface area contributed by atoms with E-state index in [9.17, 15) is 9.59 Å². The van der Waals surface area contributed by atoms with Gasteiger partial charge in [-0.15, -0.1) is 21.5 Å². The number of thiophene rings is 1. The average Bonchev–Trinajstić information content (AvgIpc) is 3.43. The van der Waals surface area contributed by atoms with Crippen LogP contribution in [0.1, 0.15) is 40.6 Å². The molecule has 0 aliphatic heterocycles. The van der Waals surface area contributed by atoms with Gasteiger partial charge in [-0.25, -0.2) is 0 Å². The van der Waals surface area contributed by atoms with Crippen molar-refractivity contribution in [1.82, 2.24) is 14.8 Å². The molecule has 3 N–H and O–H groups in total. The van der Waals surface area contributed by atoms with Crippen LogP contribution < -0.4 is 11.1 Å². The van der Waals surface area contributed by atoms with Gasteiger partial charge in [0.2, 0.25) is 5.91 Å². The number of anilines is 1. The Labute approximate surface area is 175 Å². The third-order valence-corrected chi connectivity index (χ3v) is 6.95. The molecule has 0 radical (unpaired) electrons. The van der Waals surface area contributed by atoms with E-state index in [-0.39, 0.29) is 11.7 Å². The van der Waals surface area contributed by atoms with E-state index in [1.165, 1.54) is 23.1 Å². The molecule has 3 heterocycles. The maximum atomic E-state index is 12.6. The number of amides is 2. The first-order valence-electron chi connectivity index (χ1n) is 9.42. The van der Waals surface area contributed by atoms with Crippen LogP contribution in [0.4, 0.5) is 5.00 Å². The Morgan fingerprint density at radius 2 is 2.17 bits per heavy atom. The second-order valence-electron chi connectivity index (χ2n) is 6.64. The largest absolute Gasteiger partial charge is 0.461 e. The van der Waals surface area contributed by atoms with Crippen LogP contribution in [0.25, 0.3) is 11.6 Å². The van der Waals surface area contributed by atoms with Gasteiger partial charge in [-0.1, -0.05) is 11.8 Å². The van der Waals surface area contributed by atoms with Gasteiger partial charge in [-0.05, 0) is 50.3 Å². The molecule has 1 aliphatic rings. The SMILES string of the molecule is CCn1c(SCC(=O)Nc2sc3c(c2C(N)=O)CCCC3)nnc1-c1ccco1. The van der Waals surface area contributed by atoms with E-state index in [2.05, 4.69) is 15.5 Å². The van der Waals surface area contributed by atoms with Crippen LogP contribution in [0.5, 0.6) is 0 Å². The van der Waals surface area contributed by atoms with E-state index in [0.717, 1.165) is 36.1 Å². The molecule has 0 fully saturated rings. The molecule has 152 valence electrons. The Kier molecular flexibility index (Phi) is 5.72. The van der Waals surface area contributed by atoms with E-state index < -0.39 is 5.91 Å². The number of fused-ring (bicyclic) bond motifs is 1. The molecule has 3 aromatic heterocycles. The van der Waals surface area contributed by atoms with Crippen LogP contribution in [0.2, 0.25) is 0 Å². The summed E-state index contributed by atoms with van der Waals surface area (Å²) in [5.41, 5.74) is 7.07. The van der Waals surface area contributed by atoms with Crippen molar-refractivity contribution in [2.24, 2.45) is 5.73 Å². The summed E-state index contributed by atoms with van der Waals surface area (Å²) in [6, 6.07) is 3.61. The third-order valence-electron chi connectivity index (χ3n) is 4.78. The normalized spacial score (nSPS) is 13.3. The fraction of sp³-hybridized carbons (Fsp3) is 0.368. The quantitative estimate of drug-likeness (QED) is 0.554. The Bertz CT molecular complexity index is 1040. The Morgan fingerprint density at radius 1 is 1.34 bits per heavy atom. The van der Waals surface area contributed by atoms with Crippen molar-refractivity contribution in [3.05, 3.63) is 34.4 Å². The summed E-state index contributed by atoms with van der Waals surface area (Å²) in [5.74, 6) is 0.715. The Hall–Kier alpha value is -2.59. The lowest BCUT2D eigenvalue weighted by Crippen LogP contribution is -2.19. The highest BCUT2D eigenvalue weighted by Crippen LogP contribution is 2.38. The molecule has 4 rings (SSSR count). The number of furan rings is 1. The lowest BCUT2D eigenvalue weighted by atomic mass is 9.95. The highest BCUT2D eigenvalue weighted by Gasteiger charge is 2.25. The number of aromatic nitrogens is 3. The summed E-state index contributed by atoms with van der Waals surface area (Å²) in [4.78, 5) is 25.7. The van der Waals surface area contributed by atoms with E-state index in [1.807, 2.05) is 17.6 Å². The number of hydrogen-bond acceptors (Lipinski definition) is 7. The van der Waals surface area contributed by atoms with Crippen LogP contribution in [0, 0.1) is 0 Å². The van der Waals surface area contributed by atoms with Crippen LogP contribution in [-0.4, -0.2) is 32.3 Å². The number of carbonyl (C=O) groups is 2. The molecule has 0 saturated heterocycles. The Morgan fingerprint density at radius 3 is 2.90 bits per heavy atom. The Balaban J connectivity index is 1.47. The smallest absolute Gasteiger partial charge is 0.251 e. The second-order valence-corrected chi connectivity index (χ2v) is 8.69. The lowest BCUT2D eigenvalue weighted by molar-refractivity contribution is -0.113. The number of hydrogen-bond donors (Lipinski definition) is 2. The predicted molar refractivity (Wildman–Crippen MR) is 112 cm³/mol. The van der Waals surface area contributed by atoms with E-state index >= 15 is 0 Å². The maximum Gasteiger partial charge on any atom is 0.251 e. The number of rotatable bonds is 7. The predicted octanol–water partition coefficient (Wildman–Crippen LogP) is 3.33. The highest BCUT2D eigenvalue weighted by atomic mass is 32.2. The number of aryl methyl sites for hydroxylation is 1. The average molecular weight is 432 g/mol. The zero-order chi connectivity index (χ0) is 20.4. The van der Waals surface area contributed by atoms with Crippen molar-refractivity contribution in [2.45, 2.75) is 44.3 Å². The van der Waals surface area contributed by atoms with Crippen molar-refractivity contribution < 1.29 is 14.0 Å². The van der Waals surface area contributed by atoms with Gasteiger partial charge in [-0.3, -0.25) is 14.2 Å². The molecule has 0 saturated carbocycles. The number of nitrogens with zero attached hydrogens (tertiary/aromatic N) is 3. The van der Waals surface area contributed by atoms with Crippen LogP contribution in [-0.2, 0) is 24.2 Å². The number of nitrogens with one attached hydrogen (secondary N) is 1. The van der Waals surface area contributed by atoms with Crippen molar-refractivity contribution in [3.8, 4) is 11.6 Å². The molecule has 0 bridgehead atoms. The highest BCUT2D eigenvalue weighted by molar-refractivity contribution is 7.99. The first-order chi connectivity index (χ1) is 14.1. The molecule has 29 heavy (non-hydrogen) atoms. The minimum absolute atomic E-state index is 0.150. The van der Waals surface area contributed by atoms with Gasteiger partial charge in [0.05, 0.1) is 17.6 Å². The molecule has 0 atom stereocenters.